The van der Waals surface area contributed by atoms with Gasteiger partial charge in [-0.05, 0) is 17.5 Å². The number of hydrogen-bond acceptors (Lipinski definition) is 6. The molecule has 3 rings (SSSR count). The van der Waals surface area contributed by atoms with Gasteiger partial charge in [-0.3, -0.25) is 15.6 Å². The normalized spacial score (nSPS) is 11.0. The number of benzene rings is 2. The van der Waals surface area contributed by atoms with Crippen LogP contribution < -0.4 is 21.9 Å². The summed E-state index contributed by atoms with van der Waals surface area (Å²) in [7, 11) is 0. The van der Waals surface area contributed by atoms with Crippen molar-refractivity contribution in [2.75, 3.05) is 23.0 Å². The number of carbonyl (C=O) groups excluding carboxylic acids is 1. The number of anilines is 3. The summed E-state index contributed by atoms with van der Waals surface area (Å²) >= 11 is 0. The lowest BCUT2D eigenvalue weighted by Crippen LogP contribution is -2.35. The van der Waals surface area contributed by atoms with Crippen LogP contribution in [-0.2, 0) is 4.79 Å². The molecule has 0 unspecified atom stereocenters. The van der Waals surface area contributed by atoms with Gasteiger partial charge in [0, 0.05) is 6.54 Å². The van der Waals surface area contributed by atoms with E-state index in [1.165, 1.54) is 89.8 Å². The summed E-state index contributed by atoms with van der Waals surface area (Å²) < 4.78 is 0. The second kappa shape index (κ2) is 19.5. The number of nitrogen functional groups attached to an aromatic ring is 1. The molecule has 2 aromatic carbocycles. The van der Waals surface area contributed by atoms with Crippen molar-refractivity contribution in [3.8, 4) is 0 Å². The minimum atomic E-state index is -0.467. The third-order valence-corrected chi connectivity index (χ3v) is 7.54. The first-order valence-electron chi connectivity index (χ1n) is 15.7. The molecular weight excluding hydrogens is 508 g/mol. The first kappa shape index (κ1) is 31.9. The van der Waals surface area contributed by atoms with E-state index in [0.717, 1.165) is 24.1 Å². The molecule has 3 aromatic rings. The van der Waals surface area contributed by atoms with Crippen molar-refractivity contribution in [3.63, 3.8) is 0 Å². The predicted molar refractivity (Wildman–Crippen MR) is 172 cm³/mol. The third kappa shape index (κ3) is 11.8. The average molecular weight is 559 g/mol. The topological polar surface area (TPSA) is 105 Å². The van der Waals surface area contributed by atoms with Crippen LogP contribution in [0.1, 0.15) is 114 Å². The van der Waals surface area contributed by atoms with E-state index in [4.69, 9.17) is 5.73 Å². The van der Waals surface area contributed by atoms with E-state index in [0.29, 0.717) is 17.3 Å². The van der Waals surface area contributed by atoms with Gasteiger partial charge in [-0.1, -0.05) is 151 Å². The van der Waals surface area contributed by atoms with Crippen LogP contribution in [0.5, 0.6) is 0 Å². The molecule has 1 heterocycles. The summed E-state index contributed by atoms with van der Waals surface area (Å²) in [5, 5.41) is 3.33. The second-order valence-electron chi connectivity index (χ2n) is 10.9. The lowest BCUT2D eigenvalue weighted by molar-refractivity contribution is -0.121. The van der Waals surface area contributed by atoms with Crippen molar-refractivity contribution in [1.82, 2.24) is 15.4 Å². The zero-order chi connectivity index (χ0) is 29.0. The first-order chi connectivity index (χ1) is 20.2. The van der Waals surface area contributed by atoms with Crippen LogP contribution in [0, 0.1) is 0 Å². The molecule has 0 saturated carbocycles. The minimum Gasteiger partial charge on any atom is -0.393 e. The van der Waals surface area contributed by atoms with Gasteiger partial charge < -0.3 is 11.1 Å². The van der Waals surface area contributed by atoms with E-state index in [1.54, 1.807) is 0 Å². The molecular formula is C34H50N6O. The highest BCUT2D eigenvalue weighted by Crippen LogP contribution is 2.26. The van der Waals surface area contributed by atoms with Gasteiger partial charge in [0.05, 0.1) is 5.92 Å². The standard InChI is InChI=1S/C34H50N6O/c1-2-3-4-5-6-7-8-9-10-11-12-13-14-21-26-36-32-31(35)33(38-27-37-32)39-40-34(41)30(28-22-17-15-18-23-28)29-24-19-16-20-25-29/h15-20,22-25,27,30H,2-14,21,26,35H2,1H3,(H,40,41)(H2,36,37,38,39). The number of aromatic nitrogens is 2. The highest BCUT2D eigenvalue weighted by atomic mass is 16.2. The molecule has 0 atom stereocenters. The fourth-order valence-electron chi connectivity index (χ4n) is 5.14. The van der Waals surface area contributed by atoms with Crippen molar-refractivity contribution in [2.24, 2.45) is 0 Å². The van der Waals surface area contributed by atoms with Crippen molar-refractivity contribution in [2.45, 2.75) is 103 Å². The predicted octanol–water partition coefficient (Wildman–Crippen LogP) is 8.23. The molecule has 222 valence electrons. The largest absolute Gasteiger partial charge is 0.393 e. The average Bonchev–Trinajstić information content (AvgIpc) is 3.00. The number of unbranched alkanes of at least 4 members (excludes halogenated alkanes) is 13. The Kier molecular flexibility index (Phi) is 15.1. The molecule has 7 nitrogen and oxygen atoms in total. The number of nitrogens with one attached hydrogen (secondary N) is 3. The van der Waals surface area contributed by atoms with Crippen molar-refractivity contribution in [1.29, 1.82) is 0 Å². The van der Waals surface area contributed by atoms with E-state index in [2.05, 4.69) is 33.1 Å². The number of hydrogen-bond donors (Lipinski definition) is 4. The fraction of sp³-hybridized carbons (Fsp3) is 0.500. The van der Waals surface area contributed by atoms with Gasteiger partial charge in [-0.2, -0.15) is 0 Å². The number of amides is 1. The maximum Gasteiger partial charge on any atom is 0.250 e. The maximum absolute atomic E-state index is 13.3. The van der Waals surface area contributed by atoms with Crippen molar-refractivity contribution < 1.29 is 4.79 Å². The van der Waals surface area contributed by atoms with Gasteiger partial charge in [0.15, 0.2) is 11.6 Å². The lowest BCUT2D eigenvalue weighted by Gasteiger charge is -2.19. The van der Waals surface area contributed by atoms with E-state index in [9.17, 15) is 4.79 Å². The van der Waals surface area contributed by atoms with E-state index < -0.39 is 5.92 Å². The summed E-state index contributed by atoms with van der Waals surface area (Å²) in [5.41, 5.74) is 14.2. The number of hydrazine groups is 1. The Morgan fingerprint density at radius 3 is 1.66 bits per heavy atom. The SMILES string of the molecule is CCCCCCCCCCCCCCCCNc1ncnc(NNC(=O)C(c2ccccc2)c2ccccc2)c1N. The van der Waals surface area contributed by atoms with Crippen LogP contribution in [0.25, 0.3) is 0 Å². The Morgan fingerprint density at radius 1 is 0.683 bits per heavy atom. The van der Waals surface area contributed by atoms with Crippen molar-refractivity contribution in [3.05, 3.63) is 78.1 Å². The molecule has 5 N–H and O–H groups in total. The molecule has 0 aliphatic heterocycles. The summed E-state index contributed by atoms with van der Waals surface area (Å²) in [6.45, 7) is 3.08. The van der Waals surface area contributed by atoms with Gasteiger partial charge in [-0.15, -0.1) is 0 Å². The van der Waals surface area contributed by atoms with Crippen LogP contribution in [-0.4, -0.2) is 22.4 Å². The molecule has 7 heteroatoms. The van der Waals surface area contributed by atoms with Crippen LogP contribution in [0.15, 0.2) is 67.0 Å². The molecule has 0 saturated heterocycles. The van der Waals surface area contributed by atoms with Crippen LogP contribution in [0.4, 0.5) is 17.3 Å². The van der Waals surface area contributed by atoms with Gasteiger partial charge in [-0.25, -0.2) is 9.97 Å². The molecule has 41 heavy (non-hydrogen) atoms. The number of nitrogens with zero attached hydrogens (tertiary/aromatic N) is 2. The summed E-state index contributed by atoms with van der Waals surface area (Å²) in [5.74, 6) is 0.286. The molecule has 0 aliphatic rings. The quantitative estimate of drug-likeness (QED) is 0.0775. The molecule has 0 spiro atoms. The van der Waals surface area contributed by atoms with Crippen LogP contribution >= 0.6 is 0 Å². The highest BCUT2D eigenvalue weighted by molar-refractivity contribution is 5.88. The summed E-state index contributed by atoms with van der Waals surface area (Å²) in [4.78, 5) is 21.8. The highest BCUT2D eigenvalue weighted by Gasteiger charge is 2.23. The van der Waals surface area contributed by atoms with Crippen molar-refractivity contribution >= 4 is 23.2 Å². The molecule has 0 aliphatic carbocycles. The summed E-state index contributed by atoms with van der Waals surface area (Å²) in [6.07, 6.45) is 20.2. The Morgan fingerprint density at radius 2 is 1.15 bits per heavy atom. The number of rotatable bonds is 21. The monoisotopic (exact) mass is 558 g/mol. The fourth-order valence-corrected chi connectivity index (χ4v) is 5.14. The summed E-state index contributed by atoms with van der Waals surface area (Å²) in [6, 6.07) is 19.4. The van der Waals surface area contributed by atoms with Crippen LogP contribution in [0.2, 0.25) is 0 Å². The molecule has 1 aromatic heterocycles. The first-order valence-corrected chi connectivity index (χ1v) is 15.7. The van der Waals surface area contributed by atoms with Gasteiger partial charge in [0.25, 0.3) is 0 Å². The zero-order valence-corrected chi connectivity index (χ0v) is 24.9. The van der Waals surface area contributed by atoms with Gasteiger partial charge in [0.2, 0.25) is 5.91 Å². The molecule has 0 fully saturated rings. The Bertz CT molecular complexity index is 1070. The smallest absolute Gasteiger partial charge is 0.250 e. The molecule has 0 bridgehead atoms. The van der Waals surface area contributed by atoms with Crippen LogP contribution in [0.3, 0.4) is 0 Å². The Hall–Kier alpha value is -3.61. The maximum atomic E-state index is 13.3. The number of nitrogens with two attached hydrogens (primary N) is 1. The van der Waals surface area contributed by atoms with Gasteiger partial charge >= 0.3 is 0 Å². The third-order valence-electron chi connectivity index (χ3n) is 7.54. The minimum absolute atomic E-state index is 0.197. The zero-order valence-electron chi connectivity index (χ0n) is 24.9. The second-order valence-corrected chi connectivity index (χ2v) is 10.9. The molecule has 0 radical (unpaired) electrons. The molecule has 1 amide bonds. The lowest BCUT2D eigenvalue weighted by atomic mass is 9.91. The van der Waals surface area contributed by atoms with E-state index in [-0.39, 0.29) is 5.91 Å². The van der Waals surface area contributed by atoms with E-state index in [1.807, 2.05) is 60.7 Å². The Balaban J connectivity index is 1.34. The van der Waals surface area contributed by atoms with Gasteiger partial charge in [0.1, 0.15) is 12.0 Å². The van der Waals surface area contributed by atoms with E-state index >= 15 is 0 Å². The number of carbonyl (C=O) groups is 1. The Labute approximate surface area is 247 Å².